The lowest BCUT2D eigenvalue weighted by Gasteiger charge is -1.99. The monoisotopic (exact) mass is 128 g/mol. The number of unbranched alkanes of at least 4 members (excludes halogenated alkanes) is 1. The summed E-state index contributed by atoms with van der Waals surface area (Å²) in [6.45, 7) is 4.12. The molecule has 0 aliphatic rings. The Labute approximate surface area is 56.6 Å². The van der Waals surface area contributed by atoms with E-state index in [4.69, 9.17) is 5.21 Å². The van der Waals surface area contributed by atoms with Crippen LogP contribution >= 0.6 is 0 Å². The molecule has 0 aliphatic heterocycles. The van der Waals surface area contributed by atoms with Gasteiger partial charge >= 0.3 is 0 Å². The molecule has 0 aromatic heterocycles. The molecule has 1 atom stereocenters. The molecule has 1 unspecified atom stereocenters. The predicted octanol–water partition coefficient (Wildman–Crippen LogP) is 2.09. The van der Waals surface area contributed by atoms with Gasteiger partial charge in [0.15, 0.2) is 0 Å². The predicted molar refractivity (Wildman–Crippen MR) is 38.7 cm³/mol. The summed E-state index contributed by atoms with van der Waals surface area (Å²) in [6.07, 6.45) is 5.81. The third-order valence-electron chi connectivity index (χ3n) is 1.15. The Bertz CT molecular complexity index is 81.0. The third kappa shape index (κ3) is 5.34. The largest absolute Gasteiger partial charge is 0.411 e. The smallest absolute Gasteiger partial charge is 0.0464 e. The molecular weight excluding hydrogens is 114 g/mol. The van der Waals surface area contributed by atoms with E-state index in [2.05, 4.69) is 18.5 Å². The molecular formula is C7H14NO. The summed E-state index contributed by atoms with van der Waals surface area (Å²) in [4.78, 5) is 0. The maximum Gasteiger partial charge on any atom is 0.0464 e. The van der Waals surface area contributed by atoms with Gasteiger partial charge in [0.2, 0.25) is 0 Å². The van der Waals surface area contributed by atoms with E-state index in [-0.39, 0.29) is 0 Å². The van der Waals surface area contributed by atoms with Crippen molar-refractivity contribution in [2.45, 2.75) is 26.7 Å². The first-order valence-corrected chi connectivity index (χ1v) is 3.30. The van der Waals surface area contributed by atoms with Crippen LogP contribution < -0.4 is 0 Å². The summed E-state index contributed by atoms with van der Waals surface area (Å²) in [6, 6.07) is 0. The fourth-order valence-corrected chi connectivity index (χ4v) is 0.604. The van der Waals surface area contributed by atoms with Gasteiger partial charge in [0, 0.05) is 6.21 Å². The Morgan fingerprint density at radius 1 is 1.67 bits per heavy atom. The van der Waals surface area contributed by atoms with Gasteiger partial charge in [-0.3, -0.25) is 0 Å². The van der Waals surface area contributed by atoms with Gasteiger partial charge in [-0.1, -0.05) is 20.3 Å². The van der Waals surface area contributed by atoms with Gasteiger partial charge in [-0.05, 0) is 18.8 Å². The van der Waals surface area contributed by atoms with E-state index in [1.807, 2.05) is 6.92 Å². The standard InChI is InChI=1S/C7H14NO/c1-3-4-5-7(2)6-8-9/h4,6-7,9H,3,5H2,1-2H3/b8-6-. The first kappa shape index (κ1) is 8.47. The number of nitrogens with zero attached hydrogens (tertiary/aromatic N) is 1. The van der Waals surface area contributed by atoms with Crippen LogP contribution in [0.1, 0.15) is 26.7 Å². The highest BCUT2D eigenvalue weighted by Crippen LogP contribution is 2.02. The highest BCUT2D eigenvalue weighted by atomic mass is 16.4. The minimum Gasteiger partial charge on any atom is -0.411 e. The Hall–Kier alpha value is -0.530. The summed E-state index contributed by atoms with van der Waals surface area (Å²) in [5, 5.41) is 11.0. The van der Waals surface area contributed by atoms with Gasteiger partial charge in [0.05, 0.1) is 0 Å². The van der Waals surface area contributed by atoms with Crippen molar-refractivity contribution in [3.63, 3.8) is 0 Å². The number of rotatable bonds is 4. The summed E-state index contributed by atoms with van der Waals surface area (Å²) in [5.74, 6) is 0.370. The van der Waals surface area contributed by atoms with Gasteiger partial charge in [-0.2, -0.15) is 0 Å². The summed E-state index contributed by atoms with van der Waals surface area (Å²) in [5.41, 5.74) is 0. The van der Waals surface area contributed by atoms with Crippen LogP contribution in [-0.4, -0.2) is 11.4 Å². The molecule has 0 fully saturated rings. The third-order valence-corrected chi connectivity index (χ3v) is 1.15. The molecule has 0 rings (SSSR count). The van der Waals surface area contributed by atoms with Crippen LogP contribution in [0.15, 0.2) is 5.16 Å². The first-order chi connectivity index (χ1) is 4.31. The fraction of sp³-hybridized carbons (Fsp3) is 0.714. The van der Waals surface area contributed by atoms with E-state index in [9.17, 15) is 0 Å². The molecule has 0 amide bonds. The Balaban J connectivity index is 3.15. The maximum atomic E-state index is 8.09. The molecule has 0 aliphatic carbocycles. The van der Waals surface area contributed by atoms with E-state index in [1.54, 1.807) is 6.21 Å². The SMILES string of the molecule is CC[CH]CC(C)/C=N\O. The zero-order chi connectivity index (χ0) is 7.11. The molecule has 1 N–H and O–H groups in total. The van der Waals surface area contributed by atoms with Crippen LogP contribution in [0.2, 0.25) is 0 Å². The topological polar surface area (TPSA) is 32.6 Å². The van der Waals surface area contributed by atoms with E-state index in [1.165, 1.54) is 0 Å². The average molecular weight is 128 g/mol. The van der Waals surface area contributed by atoms with E-state index >= 15 is 0 Å². The molecule has 0 saturated carbocycles. The van der Waals surface area contributed by atoms with Crippen LogP contribution in [0.4, 0.5) is 0 Å². The van der Waals surface area contributed by atoms with Gasteiger partial charge < -0.3 is 5.21 Å². The molecule has 0 aromatic carbocycles. The molecule has 2 heteroatoms. The molecule has 2 nitrogen and oxygen atoms in total. The molecule has 53 valence electrons. The Morgan fingerprint density at radius 2 is 2.33 bits per heavy atom. The zero-order valence-electron chi connectivity index (χ0n) is 6.04. The highest BCUT2D eigenvalue weighted by molar-refractivity contribution is 5.59. The average Bonchev–Trinajstić information content (AvgIpc) is 1.85. The number of hydrogen-bond donors (Lipinski definition) is 1. The first-order valence-electron chi connectivity index (χ1n) is 3.30. The minimum absolute atomic E-state index is 0.370. The normalized spacial score (nSPS) is 14.4. The number of hydrogen-bond acceptors (Lipinski definition) is 2. The molecule has 0 saturated heterocycles. The van der Waals surface area contributed by atoms with Gasteiger partial charge in [0.1, 0.15) is 0 Å². The van der Waals surface area contributed by atoms with Crippen molar-refractivity contribution in [2.75, 3.05) is 0 Å². The summed E-state index contributed by atoms with van der Waals surface area (Å²) >= 11 is 0. The van der Waals surface area contributed by atoms with E-state index in [0.29, 0.717) is 5.92 Å². The second-order valence-corrected chi connectivity index (χ2v) is 2.17. The molecule has 0 spiro atoms. The van der Waals surface area contributed by atoms with Crippen molar-refractivity contribution in [1.29, 1.82) is 0 Å². The summed E-state index contributed by atoms with van der Waals surface area (Å²) in [7, 11) is 0. The lowest BCUT2D eigenvalue weighted by molar-refractivity contribution is 0.318. The quantitative estimate of drug-likeness (QED) is 0.351. The Morgan fingerprint density at radius 3 is 2.78 bits per heavy atom. The van der Waals surface area contributed by atoms with Crippen LogP contribution in [0.5, 0.6) is 0 Å². The van der Waals surface area contributed by atoms with Crippen molar-refractivity contribution in [1.82, 2.24) is 0 Å². The van der Waals surface area contributed by atoms with E-state index < -0.39 is 0 Å². The second kappa shape index (κ2) is 5.60. The van der Waals surface area contributed by atoms with Crippen molar-refractivity contribution in [3.05, 3.63) is 6.42 Å². The van der Waals surface area contributed by atoms with Crippen LogP contribution in [-0.2, 0) is 0 Å². The fourth-order valence-electron chi connectivity index (χ4n) is 0.604. The van der Waals surface area contributed by atoms with Crippen LogP contribution in [0.3, 0.4) is 0 Å². The second-order valence-electron chi connectivity index (χ2n) is 2.17. The lowest BCUT2D eigenvalue weighted by Crippen LogP contribution is -1.95. The molecule has 9 heavy (non-hydrogen) atoms. The van der Waals surface area contributed by atoms with Crippen LogP contribution in [0.25, 0.3) is 0 Å². The molecule has 0 heterocycles. The summed E-state index contributed by atoms with van der Waals surface area (Å²) < 4.78 is 0. The van der Waals surface area contributed by atoms with Crippen molar-refractivity contribution in [2.24, 2.45) is 11.1 Å². The van der Waals surface area contributed by atoms with Gasteiger partial charge in [-0.15, -0.1) is 5.16 Å². The maximum absolute atomic E-state index is 8.09. The van der Waals surface area contributed by atoms with Crippen LogP contribution in [0, 0.1) is 12.3 Å². The van der Waals surface area contributed by atoms with Gasteiger partial charge in [-0.25, -0.2) is 0 Å². The highest BCUT2D eigenvalue weighted by Gasteiger charge is 1.95. The molecule has 0 aromatic rings. The number of oxime groups is 1. The minimum atomic E-state index is 0.370. The van der Waals surface area contributed by atoms with E-state index in [0.717, 1.165) is 12.8 Å². The van der Waals surface area contributed by atoms with Crippen molar-refractivity contribution < 1.29 is 5.21 Å². The molecule has 1 radical (unpaired) electrons. The lowest BCUT2D eigenvalue weighted by atomic mass is 10.1. The van der Waals surface area contributed by atoms with Crippen molar-refractivity contribution in [3.8, 4) is 0 Å². The Kier molecular flexibility index (Phi) is 5.27. The van der Waals surface area contributed by atoms with Crippen molar-refractivity contribution >= 4 is 6.21 Å². The molecule has 0 bridgehead atoms. The zero-order valence-corrected chi connectivity index (χ0v) is 6.04. The van der Waals surface area contributed by atoms with Gasteiger partial charge in [0.25, 0.3) is 0 Å².